The van der Waals surface area contributed by atoms with Crippen LogP contribution in [0.5, 0.6) is 11.5 Å². The first-order valence-electron chi connectivity index (χ1n) is 7.53. The van der Waals surface area contributed by atoms with E-state index in [1.54, 1.807) is 0 Å². The van der Waals surface area contributed by atoms with Crippen LogP contribution in [0.2, 0.25) is 0 Å². The Morgan fingerprint density at radius 2 is 1.58 bits per heavy atom. The van der Waals surface area contributed by atoms with Gasteiger partial charge >= 0.3 is 18.1 Å². The van der Waals surface area contributed by atoms with Crippen molar-refractivity contribution in [1.82, 2.24) is 0 Å². The predicted molar refractivity (Wildman–Crippen MR) is 87.4 cm³/mol. The summed E-state index contributed by atoms with van der Waals surface area (Å²) in [7, 11) is 0. The smallest absolute Gasteiger partial charge is 0.416 e. The molecule has 0 atom stereocenters. The summed E-state index contributed by atoms with van der Waals surface area (Å²) in [6.07, 6.45) is -4.52. The van der Waals surface area contributed by atoms with Gasteiger partial charge in [0, 0.05) is 20.4 Å². The molecule has 5 nitrogen and oxygen atoms in total. The van der Waals surface area contributed by atoms with E-state index in [0.29, 0.717) is 11.1 Å². The molecule has 0 aliphatic rings. The molecular formula is C18H16F3NO4. The second-order valence-corrected chi connectivity index (χ2v) is 5.42. The minimum Gasteiger partial charge on any atom is -0.423 e. The van der Waals surface area contributed by atoms with Gasteiger partial charge in [0.2, 0.25) is 0 Å². The van der Waals surface area contributed by atoms with Gasteiger partial charge in [0.25, 0.3) is 0 Å². The molecule has 0 fully saturated rings. The van der Waals surface area contributed by atoms with Crippen molar-refractivity contribution < 1.29 is 32.2 Å². The maximum Gasteiger partial charge on any atom is 0.416 e. The van der Waals surface area contributed by atoms with E-state index in [2.05, 4.69) is 0 Å². The molecular weight excluding hydrogens is 351 g/mol. The normalized spacial score (nSPS) is 11.2. The lowest BCUT2D eigenvalue weighted by Crippen LogP contribution is -2.08. The van der Waals surface area contributed by atoms with Crippen molar-refractivity contribution >= 4 is 11.9 Å². The fraction of sp³-hybridized carbons (Fsp3) is 0.222. The second kappa shape index (κ2) is 7.57. The zero-order valence-electron chi connectivity index (χ0n) is 14.0. The number of carbonyl (C=O) groups is 2. The van der Waals surface area contributed by atoms with Crippen molar-refractivity contribution in [2.45, 2.75) is 26.6 Å². The van der Waals surface area contributed by atoms with Crippen LogP contribution < -0.4 is 15.2 Å². The molecule has 0 spiro atoms. The Morgan fingerprint density at radius 3 is 2.12 bits per heavy atom. The first kappa shape index (κ1) is 19.5. The molecule has 0 aliphatic carbocycles. The molecule has 138 valence electrons. The second-order valence-electron chi connectivity index (χ2n) is 5.42. The first-order chi connectivity index (χ1) is 12.1. The zero-order valence-corrected chi connectivity index (χ0v) is 14.0. The van der Waals surface area contributed by atoms with Crippen molar-refractivity contribution in [1.29, 1.82) is 0 Å². The molecule has 0 aliphatic heterocycles. The maximum absolute atomic E-state index is 13.0. The van der Waals surface area contributed by atoms with Gasteiger partial charge in [0.15, 0.2) is 11.5 Å². The van der Waals surface area contributed by atoms with Crippen LogP contribution in [0.3, 0.4) is 0 Å². The minimum atomic E-state index is -4.52. The summed E-state index contributed by atoms with van der Waals surface area (Å²) in [6.45, 7) is 2.34. The molecule has 26 heavy (non-hydrogen) atoms. The Morgan fingerprint density at radius 1 is 0.962 bits per heavy atom. The molecule has 0 radical (unpaired) electrons. The lowest BCUT2D eigenvalue weighted by Gasteiger charge is -2.15. The highest BCUT2D eigenvalue weighted by atomic mass is 19.4. The van der Waals surface area contributed by atoms with Gasteiger partial charge in [-0.2, -0.15) is 13.2 Å². The summed E-state index contributed by atoms with van der Waals surface area (Å²) < 4.78 is 49.0. The fourth-order valence-electron chi connectivity index (χ4n) is 2.35. The number of alkyl halides is 3. The summed E-state index contributed by atoms with van der Waals surface area (Å²) in [6, 6.07) is 7.35. The standard InChI is InChI=1S/C18H16F3NO4/c1-10(23)25-16-6-4-12(7-17(16)26-11(2)24)15-8-14(18(19,20)21)5-3-13(15)9-22/h3-8H,9,22H2,1-2H3. The van der Waals surface area contributed by atoms with E-state index in [1.165, 1.54) is 31.2 Å². The molecule has 0 heterocycles. The number of hydrogen-bond acceptors (Lipinski definition) is 5. The SMILES string of the molecule is CC(=O)Oc1ccc(-c2cc(C(F)(F)F)ccc2CN)cc1OC(C)=O. The molecule has 2 rings (SSSR count). The third-order valence-electron chi connectivity index (χ3n) is 3.42. The average Bonchev–Trinajstić information content (AvgIpc) is 2.54. The molecule has 0 unspecified atom stereocenters. The van der Waals surface area contributed by atoms with Crippen LogP contribution >= 0.6 is 0 Å². The van der Waals surface area contributed by atoms with Gasteiger partial charge in [-0.1, -0.05) is 12.1 Å². The Labute approximate surface area is 147 Å². The fourth-order valence-corrected chi connectivity index (χ4v) is 2.35. The third-order valence-corrected chi connectivity index (χ3v) is 3.42. The highest BCUT2D eigenvalue weighted by molar-refractivity contribution is 5.77. The lowest BCUT2D eigenvalue weighted by molar-refractivity contribution is -0.137. The van der Waals surface area contributed by atoms with E-state index in [1.807, 2.05) is 0 Å². The van der Waals surface area contributed by atoms with Crippen molar-refractivity contribution in [2.75, 3.05) is 0 Å². The van der Waals surface area contributed by atoms with Crippen LogP contribution in [0.15, 0.2) is 36.4 Å². The highest BCUT2D eigenvalue weighted by Crippen LogP contribution is 2.37. The van der Waals surface area contributed by atoms with Crippen LogP contribution in [0.25, 0.3) is 11.1 Å². The van der Waals surface area contributed by atoms with E-state index in [4.69, 9.17) is 15.2 Å². The number of rotatable bonds is 4. The molecule has 8 heteroatoms. The lowest BCUT2D eigenvalue weighted by atomic mass is 9.96. The number of ether oxygens (including phenoxy) is 2. The topological polar surface area (TPSA) is 78.6 Å². The van der Waals surface area contributed by atoms with E-state index in [-0.39, 0.29) is 23.6 Å². The highest BCUT2D eigenvalue weighted by Gasteiger charge is 2.31. The Hall–Kier alpha value is -2.87. The van der Waals surface area contributed by atoms with Crippen molar-refractivity contribution in [3.8, 4) is 22.6 Å². The van der Waals surface area contributed by atoms with Gasteiger partial charge in [0.05, 0.1) is 5.56 Å². The molecule has 2 N–H and O–H groups in total. The van der Waals surface area contributed by atoms with Gasteiger partial charge < -0.3 is 15.2 Å². The molecule has 2 aromatic rings. The third kappa shape index (κ3) is 4.60. The number of esters is 2. The van der Waals surface area contributed by atoms with Crippen molar-refractivity contribution in [3.63, 3.8) is 0 Å². The van der Waals surface area contributed by atoms with E-state index < -0.39 is 23.7 Å². The molecule has 0 aromatic heterocycles. The number of hydrogen-bond donors (Lipinski definition) is 1. The van der Waals surface area contributed by atoms with E-state index in [0.717, 1.165) is 19.1 Å². The summed E-state index contributed by atoms with van der Waals surface area (Å²) in [4.78, 5) is 22.4. The van der Waals surface area contributed by atoms with E-state index >= 15 is 0 Å². The monoisotopic (exact) mass is 367 g/mol. The maximum atomic E-state index is 13.0. The zero-order chi connectivity index (χ0) is 19.5. The Bertz CT molecular complexity index is 847. The minimum absolute atomic E-state index is 0.0159. The van der Waals surface area contributed by atoms with Gasteiger partial charge in [-0.05, 0) is 41.0 Å². The predicted octanol–water partition coefficient (Wildman–Crippen LogP) is 3.68. The number of benzene rings is 2. The van der Waals surface area contributed by atoms with Gasteiger partial charge in [-0.25, -0.2) is 0 Å². The van der Waals surface area contributed by atoms with E-state index in [9.17, 15) is 22.8 Å². The summed E-state index contributed by atoms with van der Waals surface area (Å²) in [5.74, 6) is -1.39. The Balaban J connectivity index is 2.60. The first-order valence-corrected chi connectivity index (χ1v) is 7.53. The number of carbonyl (C=O) groups excluding carboxylic acids is 2. The van der Waals surface area contributed by atoms with Crippen LogP contribution in [0.1, 0.15) is 25.0 Å². The summed E-state index contributed by atoms with van der Waals surface area (Å²) >= 11 is 0. The van der Waals surface area contributed by atoms with Gasteiger partial charge in [0.1, 0.15) is 0 Å². The quantitative estimate of drug-likeness (QED) is 0.659. The number of nitrogens with two attached hydrogens (primary N) is 1. The van der Waals surface area contributed by atoms with Gasteiger partial charge in [-0.15, -0.1) is 0 Å². The largest absolute Gasteiger partial charge is 0.423 e. The van der Waals surface area contributed by atoms with Crippen LogP contribution in [-0.4, -0.2) is 11.9 Å². The molecule has 2 aromatic carbocycles. The summed E-state index contributed by atoms with van der Waals surface area (Å²) in [5, 5.41) is 0. The average molecular weight is 367 g/mol. The molecule has 0 saturated carbocycles. The van der Waals surface area contributed by atoms with Crippen LogP contribution in [-0.2, 0) is 22.3 Å². The van der Waals surface area contributed by atoms with Crippen molar-refractivity contribution in [3.05, 3.63) is 47.5 Å². The molecule has 0 bridgehead atoms. The Kier molecular flexibility index (Phi) is 5.66. The van der Waals surface area contributed by atoms with Crippen LogP contribution in [0.4, 0.5) is 13.2 Å². The van der Waals surface area contributed by atoms with Crippen molar-refractivity contribution in [2.24, 2.45) is 5.73 Å². The van der Waals surface area contributed by atoms with Gasteiger partial charge in [-0.3, -0.25) is 9.59 Å². The molecule has 0 amide bonds. The summed E-state index contributed by atoms with van der Waals surface area (Å²) in [5.41, 5.74) is 5.85. The number of halogens is 3. The molecule has 0 saturated heterocycles. The van der Waals surface area contributed by atoms with Crippen LogP contribution in [0, 0.1) is 0 Å².